The average Bonchev–Trinajstić information content (AvgIpc) is 3.02. The van der Waals surface area contributed by atoms with Crippen LogP contribution < -0.4 is 4.90 Å². The molecule has 0 atom stereocenters. The van der Waals surface area contributed by atoms with Gasteiger partial charge in [0.2, 0.25) is 5.95 Å². The second-order valence-corrected chi connectivity index (χ2v) is 9.36. The Hall–Kier alpha value is -2.87. The molecule has 0 saturated carbocycles. The zero-order valence-corrected chi connectivity index (χ0v) is 17.2. The molecule has 0 bridgehead atoms. The van der Waals surface area contributed by atoms with Gasteiger partial charge < -0.3 is 14.8 Å². The molecule has 0 radical (unpaired) electrons. The van der Waals surface area contributed by atoms with E-state index in [1.54, 1.807) is 30.0 Å². The molecule has 0 spiro atoms. The molecule has 1 aliphatic heterocycles. The van der Waals surface area contributed by atoms with Gasteiger partial charge in [-0.1, -0.05) is 31.2 Å². The molecule has 0 aliphatic carbocycles. The number of carbonyl (C=O) groups excluding carboxylic acids is 1. The fraction of sp³-hybridized carbons (Fsp3) is 0.333. The van der Waals surface area contributed by atoms with E-state index in [1.165, 1.54) is 6.07 Å². The lowest BCUT2D eigenvalue weighted by molar-refractivity contribution is 0.0763. The van der Waals surface area contributed by atoms with E-state index in [9.17, 15) is 13.2 Å². The number of nitrogens with one attached hydrogen (secondary N) is 1. The molecule has 1 fully saturated rings. The summed E-state index contributed by atoms with van der Waals surface area (Å²) in [6, 6.07) is 14.4. The van der Waals surface area contributed by atoms with Gasteiger partial charge in [0.25, 0.3) is 5.91 Å². The number of carbonyl (C=O) groups is 1. The molecule has 1 saturated heterocycles. The largest absolute Gasteiger partial charge is 0.341 e. The van der Waals surface area contributed by atoms with Crippen molar-refractivity contribution in [1.29, 1.82) is 0 Å². The predicted octanol–water partition coefficient (Wildman–Crippen LogP) is 2.71. The Morgan fingerprint density at radius 3 is 2.59 bits per heavy atom. The van der Waals surface area contributed by atoms with E-state index in [1.807, 2.05) is 24.3 Å². The number of benzene rings is 2. The molecule has 0 unspecified atom stereocenters. The highest BCUT2D eigenvalue weighted by Crippen LogP contribution is 2.22. The van der Waals surface area contributed by atoms with Gasteiger partial charge in [-0.2, -0.15) is 0 Å². The molecule has 152 valence electrons. The van der Waals surface area contributed by atoms with Gasteiger partial charge in [0.05, 0.1) is 27.2 Å². The minimum Gasteiger partial charge on any atom is -0.341 e. The Labute approximate surface area is 170 Å². The summed E-state index contributed by atoms with van der Waals surface area (Å²) >= 11 is 0. The highest BCUT2D eigenvalue weighted by atomic mass is 32.2. The predicted molar refractivity (Wildman–Crippen MR) is 113 cm³/mol. The van der Waals surface area contributed by atoms with Gasteiger partial charge in [-0.15, -0.1) is 0 Å². The van der Waals surface area contributed by atoms with Gasteiger partial charge in [0, 0.05) is 26.2 Å². The van der Waals surface area contributed by atoms with Crippen LogP contribution in [0.1, 0.15) is 23.7 Å². The number of sulfone groups is 1. The number of rotatable bonds is 4. The number of aromatic amines is 1. The van der Waals surface area contributed by atoms with E-state index in [0.29, 0.717) is 19.6 Å². The summed E-state index contributed by atoms with van der Waals surface area (Å²) < 4.78 is 24.8. The molecule has 1 N–H and O–H groups in total. The summed E-state index contributed by atoms with van der Waals surface area (Å²) in [6.45, 7) is 4.09. The Kier molecular flexibility index (Phi) is 5.27. The van der Waals surface area contributed by atoms with Crippen molar-refractivity contribution >= 4 is 32.7 Å². The molecular formula is C21H24N4O3S. The maximum Gasteiger partial charge on any atom is 0.255 e. The van der Waals surface area contributed by atoms with E-state index < -0.39 is 9.84 Å². The van der Waals surface area contributed by atoms with Crippen molar-refractivity contribution < 1.29 is 13.2 Å². The van der Waals surface area contributed by atoms with Crippen LogP contribution in [0.3, 0.4) is 0 Å². The van der Waals surface area contributed by atoms with E-state index in [2.05, 4.69) is 14.9 Å². The highest BCUT2D eigenvalue weighted by Gasteiger charge is 2.26. The Morgan fingerprint density at radius 1 is 1.03 bits per heavy atom. The van der Waals surface area contributed by atoms with Gasteiger partial charge in [0.1, 0.15) is 0 Å². The summed E-state index contributed by atoms with van der Waals surface area (Å²) in [7, 11) is -3.46. The van der Waals surface area contributed by atoms with E-state index in [4.69, 9.17) is 0 Å². The first kappa shape index (κ1) is 19.4. The van der Waals surface area contributed by atoms with Crippen molar-refractivity contribution in [3.05, 3.63) is 54.1 Å². The lowest BCUT2D eigenvalue weighted by Gasteiger charge is -2.22. The number of hydrogen-bond acceptors (Lipinski definition) is 5. The number of para-hydroxylation sites is 2. The average molecular weight is 413 g/mol. The summed E-state index contributed by atoms with van der Waals surface area (Å²) in [4.78, 5) is 25.1. The zero-order valence-electron chi connectivity index (χ0n) is 16.3. The van der Waals surface area contributed by atoms with Crippen LogP contribution in [-0.2, 0) is 9.84 Å². The van der Waals surface area contributed by atoms with Crippen molar-refractivity contribution in [2.24, 2.45) is 0 Å². The molecule has 3 aromatic rings. The standard InChI is InChI=1S/C21H24N4O3S/c1-2-29(27,28)19-11-6-3-8-16(19)20(26)24-12-7-13-25(15-14-24)21-22-17-9-4-5-10-18(17)23-21/h3-6,8-11H,2,7,12-15H2,1H3,(H,22,23). The van der Waals surface area contributed by atoms with Crippen molar-refractivity contribution in [3.8, 4) is 0 Å². The molecule has 7 nitrogen and oxygen atoms in total. The van der Waals surface area contributed by atoms with Crippen LogP contribution in [0.25, 0.3) is 11.0 Å². The van der Waals surface area contributed by atoms with Crippen molar-refractivity contribution in [3.63, 3.8) is 0 Å². The smallest absolute Gasteiger partial charge is 0.255 e. The van der Waals surface area contributed by atoms with E-state index in [0.717, 1.165) is 29.9 Å². The van der Waals surface area contributed by atoms with Crippen LogP contribution in [0.4, 0.5) is 5.95 Å². The Bertz CT molecular complexity index is 1110. The summed E-state index contributed by atoms with van der Waals surface area (Å²) in [5.41, 5.74) is 2.16. The fourth-order valence-corrected chi connectivity index (χ4v) is 4.75. The lowest BCUT2D eigenvalue weighted by atomic mass is 10.2. The Morgan fingerprint density at radius 2 is 1.79 bits per heavy atom. The number of anilines is 1. The maximum absolute atomic E-state index is 13.1. The van der Waals surface area contributed by atoms with Gasteiger partial charge in [-0.3, -0.25) is 4.79 Å². The van der Waals surface area contributed by atoms with Gasteiger partial charge in [-0.05, 0) is 30.7 Å². The first-order valence-corrected chi connectivity index (χ1v) is 11.5. The van der Waals surface area contributed by atoms with Crippen LogP contribution >= 0.6 is 0 Å². The summed E-state index contributed by atoms with van der Waals surface area (Å²) in [6.07, 6.45) is 0.783. The number of aromatic nitrogens is 2. The third kappa shape index (κ3) is 3.85. The molecule has 2 heterocycles. The van der Waals surface area contributed by atoms with Crippen molar-refractivity contribution in [2.45, 2.75) is 18.2 Å². The van der Waals surface area contributed by atoms with Crippen LogP contribution in [0.2, 0.25) is 0 Å². The second kappa shape index (κ2) is 7.87. The molecule has 29 heavy (non-hydrogen) atoms. The monoisotopic (exact) mass is 412 g/mol. The van der Waals surface area contributed by atoms with Crippen LogP contribution in [0.15, 0.2) is 53.4 Å². The number of imidazole rings is 1. The van der Waals surface area contributed by atoms with Crippen molar-refractivity contribution in [2.75, 3.05) is 36.8 Å². The van der Waals surface area contributed by atoms with Gasteiger partial charge in [0.15, 0.2) is 9.84 Å². The highest BCUT2D eigenvalue weighted by molar-refractivity contribution is 7.91. The van der Waals surface area contributed by atoms with Gasteiger partial charge >= 0.3 is 0 Å². The van der Waals surface area contributed by atoms with Crippen LogP contribution in [0, 0.1) is 0 Å². The Balaban J connectivity index is 1.54. The third-order valence-corrected chi connectivity index (χ3v) is 7.08. The molecule has 1 aliphatic rings. The van der Waals surface area contributed by atoms with Crippen LogP contribution in [-0.4, -0.2) is 61.1 Å². The fourth-order valence-electron chi connectivity index (χ4n) is 3.66. The molecule has 2 aromatic carbocycles. The minimum absolute atomic E-state index is 0.0306. The quantitative estimate of drug-likeness (QED) is 0.712. The maximum atomic E-state index is 13.1. The topological polar surface area (TPSA) is 86.4 Å². The van der Waals surface area contributed by atoms with Gasteiger partial charge in [-0.25, -0.2) is 13.4 Å². The number of nitrogens with zero attached hydrogens (tertiary/aromatic N) is 3. The molecule has 8 heteroatoms. The third-order valence-electron chi connectivity index (χ3n) is 5.29. The van der Waals surface area contributed by atoms with E-state index in [-0.39, 0.29) is 22.1 Å². The summed E-state index contributed by atoms with van der Waals surface area (Å²) in [5, 5.41) is 0. The number of fused-ring (bicyclic) bond motifs is 1. The zero-order chi connectivity index (χ0) is 20.4. The first-order chi connectivity index (χ1) is 14.0. The van der Waals surface area contributed by atoms with Crippen LogP contribution in [0.5, 0.6) is 0 Å². The number of amides is 1. The molecular weight excluding hydrogens is 388 g/mol. The SMILES string of the molecule is CCS(=O)(=O)c1ccccc1C(=O)N1CCCN(c2nc3ccccc3[nH]2)CC1. The number of hydrogen-bond donors (Lipinski definition) is 1. The molecule has 1 aromatic heterocycles. The minimum atomic E-state index is -3.46. The molecule has 4 rings (SSSR count). The summed E-state index contributed by atoms with van der Waals surface area (Å²) in [5.74, 6) is 0.537. The molecule has 1 amide bonds. The first-order valence-electron chi connectivity index (χ1n) is 9.80. The normalized spacial score (nSPS) is 15.5. The number of H-pyrrole nitrogens is 1. The lowest BCUT2D eigenvalue weighted by Crippen LogP contribution is -2.36. The van der Waals surface area contributed by atoms with E-state index >= 15 is 0 Å². The van der Waals surface area contributed by atoms with Crippen molar-refractivity contribution in [1.82, 2.24) is 14.9 Å². The second-order valence-electron chi connectivity index (χ2n) is 7.11.